The van der Waals surface area contributed by atoms with E-state index in [0.717, 1.165) is 31.6 Å². The van der Waals surface area contributed by atoms with E-state index in [2.05, 4.69) is 132 Å². The van der Waals surface area contributed by atoms with Crippen LogP contribution < -0.4 is 0 Å². The van der Waals surface area contributed by atoms with Crippen LogP contribution >= 0.6 is 0 Å². The molecule has 0 atom stereocenters. The Hall–Kier alpha value is -0.210. The van der Waals surface area contributed by atoms with E-state index in [1.807, 2.05) is 48.5 Å². The first kappa shape index (κ1) is 70.4. The van der Waals surface area contributed by atoms with Crippen molar-refractivity contribution in [2.75, 3.05) is 0 Å². The van der Waals surface area contributed by atoms with Crippen LogP contribution in [0.15, 0.2) is 0 Å². The Balaban J connectivity index is -0.0000000383. The molecule has 0 heterocycles. The minimum Gasteiger partial charge on any atom is -0.171 e. The third kappa shape index (κ3) is 788. The van der Waals surface area contributed by atoms with Crippen LogP contribution in [-0.2, 0) is 0 Å². The van der Waals surface area contributed by atoms with Gasteiger partial charge < -0.3 is 0 Å². The van der Waals surface area contributed by atoms with Crippen LogP contribution in [0.5, 0.6) is 0 Å². The second-order valence-electron chi connectivity index (χ2n) is 16.9. The molecule has 0 fully saturated rings. The molecule has 0 aromatic rings. The quantitative estimate of drug-likeness (QED) is 0.229. The Morgan fingerprint density at radius 3 is 0.446 bits per heavy atom. The second-order valence-corrected chi connectivity index (χ2v) is 16.9. The molecule has 0 unspecified atom stereocenters. The molecule has 0 amide bonds. The normalized spacial score (nSPS) is 11.2. The van der Waals surface area contributed by atoms with Gasteiger partial charge in [-0.15, -0.1) is 0 Å². The summed E-state index contributed by atoms with van der Waals surface area (Å²) in [5.41, 5.74) is 0. The van der Waals surface area contributed by atoms with Crippen molar-refractivity contribution in [2.24, 2.45) is 35.5 Å². The van der Waals surface area contributed by atoms with E-state index in [4.69, 9.17) is 8.22 Å². The summed E-state index contributed by atoms with van der Waals surface area (Å²) in [4.78, 5) is 0. The number of rotatable bonds is 8. The first-order valence-corrected chi connectivity index (χ1v) is 23.3. The Bertz CT molecular complexity index is 534. The van der Waals surface area contributed by atoms with E-state index in [9.17, 15) is 13.2 Å². The number of halogens is 3. The topological polar surface area (TPSA) is 0 Å². The summed E-state index contributed by atoms with van der Waals surface area (Å²) >= 11 is 0. The van der Waals surface area contributed by atoms with Crippen LogP contribution in [0.4, 0.5) is 13.2 Å². The Kier molecular flexibility index (Phi) is 132. The van der Waals surface area contributed by atoms with Crippen molar-refractivity contribution in [1.82, 2.24) is 0 Å². The summed E-state index contributed by atoms with van der Waals surface area (Å²) in [6, 6.07) is 0. The highest BCUT2D eigenvalue weighted by Gasteiger charge is 2.31. The zero-order valence-electron chi connectivity index (χ0n) is 52.1. The standard InChI is InChI=1S/3C5H12.C4H7F3.7C4H10.2C3H8/c3*1-3-5-4-2;1-3(2)4(5,6)7;5*1-4(2)3;2*1-3-4-2;2*1-3-2/h3*3-5H2,1-2H3;3H,1-2H3;5*4H,1-3H3;2*3-4H2,1-2H3;2*3H2,1-2H3/i;;;;2*4D;;;;3D2;;3D2;. The van der Waals surface area contributed by atoms with Gasteiger partial charge in [0.15, 0.2) is 0 Å². The molecule has 0 aliphatic heterocycles. The van der Waals surface area contributed by atoms with Crippen molar-refractivity contribution in [3.63, 3.8) is 0 Å². The lowest BCUT2D eigenvalue weighted by Crippen LogP contribution is -2.15. The number of alkyl halides is 3. The fraction of sp³-hybridized carbons (Fsp3) is 1.00. The maximum atomic E-state index is 11.2. The van der Waals surface area contributed by atoms with Crippen molar-refractivity contribution in [3.8, 4) is 0 Å². The monoisotopic (exact) mass is 829 g/mol. The molecule has 56 heavy (non-hydrogen) atoms. The summed E-state index contributed by atoms with van der Waals surface area (Å²) < 4.78 is 74.3. The molecular weight excluding hydrogens is 694 g/mol. The van der Waals surface area contributed by atoms with E-state index >= 15 is 0 Å². The molecule has 0 spiro atoms. The molecule has 0 aromatic heterocycles. The van der Waals surface area contributed by atoms with Gasteiger partial charge in [-0.3, -0.25) is 0 Å². The smallest absolute Gasteiger partial charge is 0.171 e. The molecule has 0 rings (SSSR count). The lowest BCUT2D eigenvalue weighted by Gasteiger charge is -2.07. The fourth-order valence-corrected chi connectivity index (χ4v) is 1.06. The van der Waals surface area contributed by atoms with Crippen molar-refractivity contribution in [2.45, 2.75) is 317 Å². The van der Waals surface area contributed by atoms with Crippen LogP contribution in [0.2, 0.25) is 0 Å². The Morgan fingerprint density at radius 1 is 0.357 bits per heavy atom. The van der Waals surface area contributed by atoms with E-state index in [1.54, 1.807) is 6.92 Å². The largest absolute Gasteiger partial charge is 0.391 e. The summed E-state index contributed by atoms with van der Waals surface area (Å²) in [7, 11) is 0. The molecule has 0 aliphatic rings. The maximum absolute atomic E-state index is 11.2. The molecule has 362 valence electrons. The molecule has 0 N–H and O–H groups in total. The number of unbranched alkanes of at least 4 members (excludes halogenated alkanes) is 7. The van der Waals surface area contributed by atoms with Gasteiger partial charge in [0.05, 0.1) is 0 Å². The minimum absolute atomic E-state index is 0.250. The Labute approximate surface area is 373 Å². The van der Waals surface area contributed by atoms with Gasteiger partial charge in [0.2, 0.25) is 0 Å². The number of hydrogen-bond acceptors (Lipinski definition) is 0. The average Bonchev–Trinajstić information content (AvgIpc) is 3.00. The van der Waals surface area contributed by atoms with Crippen LogP contribution in [0, 0.1) is 35.5 Å². The van der Waals surface area contributed by atoms with Crippen LogP contribution in [-0.4, -0.2) is 6.18 Å². The van der Waals surface area contributed by atoms with Gasteiger partial charge in [0.25, 0.3) is 0 Å². The first-order chi connectivity index (χ1) is 27.3. The van der Waals surface area contributed by atoms with Crippen molar-refractivity contribution >= 4 is 0 Å². The van der Waals surface area contributed by atoms with Gasteiger partial charge in [-0.05, 0) is 29.5 Å². The summed E-state index contributed by atoms with van der Waals surface area (Å²) in [5.74, 6) is 0.799. The summed E-state index contributed by atoms with van der Waals surface area (Å²) in [6.07, 6.45) is 10.8. The molecule has 0 bridgehead atoms. The van der Waals surface area contributed by atoms with Gasteiger partial charge in [0, 0.05) is 14.1 Å². The Morgan fingerprint density at radius 2 is 0.446 bits per heavy atom. The molecule has 0 nitrogen and oxygen atoms in total. The molecule has 0 aromatic carbocycles. The molecule has 0 radical (unpaired) electrons. The SMILES string of the molecule is CC(C)C.CC(C)C.CC(C)C.CC(C)C(F)(F)F.CCC.CCCC.CCCCC.CCCCC.CCCCC.[2H]C(C)(C)C.[2H]C(C)(C)C.[2H]C([2H])(C)C.[2H]C([2H])(C)CC. The molecular formula is C53H129F3. The third-order valence-electron chi connectivity index (χ3n) is 3.63. The van der Waals surface area contributed by atoms with Gasteiger partial charge in [0.1, 0.15) is 0 Å². The highest BCUT2D eigenvalue weighted by Crippen LogP contribution is 2.24. The zero-order chi connectivity index (χ0) is 54.0. The average molecular weight is 830 g/mol. The molecule has 3 heteroatoms. The first-order valence-electron chi connectivity index (χ1n) is 26.3. The molecule has 0 saturated heterocycles. The van der Waals surface area contributed by atoms with Gasteiger partial charge in [-0.1, -0.05) is 311 Å². The summed E-state index contributed by atoms with van der Waals surface area (Å²) in [5, 5.41) is 0. The highest BCUT2D eigenvalue weighted by molar-refractivity contribution is 4.52. The van der Waals surface area contributed by atoms with E-state index in [-0.39, 0.29) is 11.8 Å². The molecule has 0 aliphatic carbocycles. The third-order valence-corrected chi connectivity index (χ3v) is 3.63. The van der Waals surface area contributed by atoms with Crippen LogP contribution in [0.1, 0.15) is 319 Å². The lowest BCUT2D eigenvalue weighted by atomic mass is 10.2. The van der Waals surface area contributed by atoms with Crippen LogP contribution in [0.25, 0.3) is 0 Å². The van der Waals surface area contributed by atoms with Crippen LogP contribution in [0.3, 0.4) is 0 Å². The number of hydrogen-bond donors (Lipinski definition) is 0. The fourth-order valence-electron chi connectivity index (χ4n) is 1.06. The minimum atomic E-state index is -4.00. The predicted octanol–water partition coefficient (Wildman–Crippen LogP) is 23.6. The second kappa shape index (κ2) is 105. The highest BCUT2D eigenvalue weighted by atomic mass is 19.4. The zero-order valence-corrected chi connectivity index (χ0v) is 46.1. The van der Waals surface area contributed by atoms with Crippen molar-refractivity contribution in [3.05, 3.63) is 0 Å². The van der Waals surface area contributed by atoms with E-state index in [0.29, 0.717) is 6.42 Å². The van der Waals surface area contributed by atoms with Crippen molar-refractivity contribution in [1.29, 1.82) is 0 Å². The van der Waals surface area contributed by atoms with Gasteiger partial charge in [-0.25, -0.2) is 0 Å². The van der Waals surface area contributed by atoms with Gasteiger partial charge in [-0.2, -0.15) is 13.2 Å². The lowest BCUT2D eigenvalue weighted by molar-refractivity contribution is -0.164. The maximum Gasteiger partial charge on any atom is 0.391 e. The van der Waals surface area contributed by atoms with E-state index in [1.165, 1.54) is 90.9 Å². The van der Waals surface area contributed by atoms with Gasteiger partial charge >= 0.3 is 6.18 Å². The molecule has 0 saturated carbocycles. The van der Waals surface area contributed by atoms with E-state index < -0.39 is 24.8 Å². The predicted molar refractivity (Wildman–Crippen MR) is 272 cm³/mol. The van der Waals surface area contributed by atoms with Crippen molar-refractivity contribution < 1.29 is 21.4 Å². The summed E-state index contributed by atoms with van der Waals surface area (Å²) in [6.45, 7) is 61.2.